The van der Waals surface area contributed by atoms with E-state index in [0.29, 0.717) is 6.42 Å². The normalized spacial score (nSPS) is 13.5. The van der Waals surface area contributed by atoms with Crippen LogP contribution in [-0.2, 0) is 23.9 Å². The van der Waals surface area contributed by atoms with E-state index in [0.717, 1.165) is 12.8 Å². The van der Waals surface area contributed by atoms with E-state index in [4.69, 9.17) is 9.47 Å². The molecule has 1 aliphatic rings. The predicted octanol–water partition coefficient (Wildman–Crippen LogP) is 4.78. The Hall–Kier alpha value is -0.690. The molecule has 0 saturated carbocycles. The molecule has 7 heteroatoms. The first-order chi connectivity index (χ1) is 11.5. The second-order valence-corrected chi connectivity index (χ2v) is 7.55. The SMILES string of the molecule is C1CSSC1.CC.CCCCC(=O)OC(C)OC(=O)CCC(C)=O. The molecule has 1 fully saturated rings. The van der Waals surface area contributed by atoms with Crippen LogP contribution in [0.25, 0.3) is 0 Å². The molecule has 1 saturated heterocycles. The summed E-state index contributed by atoms with van der Waals surface area (Å²) in [5.41, 5.74) is 0. The van der Waals surface area contributed by atoms with Crippen molar-refractivity contribution in [2.24, 2.45) is 0 Å². The van der Waals surface area contributed by atoms with E-state index >= 15 is 0 Å². The first-order valence-electron chi connectivity index (χ1n) is 8.58. The summed E-state index contributed by atoms with van der Waals surface area (Å²) in [6.45, 7) is 8.86. The van der Waals surface area contributed by atoms with Crippen molar-refractivity contribution in [3.63, 3.8) is 0 Å². The van der Waals surface area contributed by atoms with Crippen molar-refractivity contribution in [2.75, 3.05) is 11.5 Å². The number of rotatable bonds is 8. The number of unbranched alkanes of at least 4 members (excludes halogenated alkanes) is 1. The molecule has 0 spiro atoms. The lowest BCUT2D eigenvalue weighted by atomic mass is 10.2. The highest BCUT2D eigenvalue weighted by Crippen LogP contribution is 2.29. The van der Waals surface area contributed by atoms with Gasteiger partial charge in [-0.3, -0.25) is 9.59 Å². The zero-order chi connectivity index (χ0) is 18.8. The van der Waals surface area contributed by atoms with Gasteiger partial charge in [-0.2, -0.15) is 0 Å². The van der Waals surface area contributed by atoms with Gasteiger partial charge in [0.15, 0.2) is 0 Å². The molecule has 0 aliphatic carbocycles. The number of carbonyl (C=O) groups is 3. The van der Waals surface area contributed by atoms with Crippen molar-refractivity contribution in [3.8, 4) is 0 Å². The Kier molecular flexibility index (Phi) is 19.8. The van der Waals surface area contributed by atoms with Gasteiger partial charge in [0.1, 0.15) is 5.78 Å². The Labute approximate surface area is 154 Å². The van der Waals surface area contributed by atoms with Crippen molar-refractivity contribution < 1.29 is 23.9 Å². The molecule has 0 bridgehead atoms. The molecule has 1 heterocycles. The van der Waals surface area contributed by atoms with Gasteiger partial charge in [0, 0.05) is 31.3 Å². The van der Waals surface area contributed by atoms with Gasteiger partial charge >= 0.3 is 11.9 Å². The Morgan fingerprint density at radius 1 is 0.958 bits per heavy atom. The van der Waals surface area contributed by atoms with Crippen LogP contribution >= 0.6 is 21.6 Å². The number of ketones is 1. The smallest absolute Gasteiger partial charge is 0.309 e. The van der Waals surface area contributed by atoms with Crippen LogP contribution < -0.4 is 0 Å². The number of hydrogen-bond donors (Lipinski definition) is 0. The molecule has 0 N–H and O–H groups in total. The van der Waals surface area contributed by atoms with Gasteiger partial charge in [-0.05, 0) is 19.8 Å². The maximum Gasteiger partial charge on any atom is 0.309 e. The standard InChI is InChI=1S/C12H20O5.C3H6S2.C2H6/c1-4-5-6-11(14)16-10(3)17-12(15)8-7-9(2)13;1-2-4-5-3-1;1-2/h10H,4-8H2,1-3H3;1-3H2;1-2H3. The van der Waals surface area contributed by atoms with Crippen LogP contribution in [0.4, 0.5) is 0 Å². The van der Waals surface area contributed by atoms with Crippen LogP contribution in [0, 0.1) is 0 Å². The van der Waals surface area contributed by atoms with E-state index < -0.39 is 12.3 Å². The van der Waals surface area contributed by atoms with Gasteiger partial charge in [-0.25, -0.2) is 0 Å². The number of hydrogen-bond acceptors (Lipinski definition) is 7. The minimum atomic E-state index is -0.890. The Morgan fingerprint density at radius 2 is 1.46 bits per heavy atom. The zero-order valence-corrected chi connectivity index (χ0v) is 17.2. The van der Waals surface area contributed by atoms with Gasteiger partial charge in [-0.1, -0.05) is 48.8 Å². The molecule has 1 rings (SSSR count). The molecule has 0 amide bonds. The molecule has 1 aliphatic heterocycles. The van der Waals surface area contributed by atoms with Crippen LogP contribution in [0.1, 0.15) is 73.1 Å². The Bertz CT molecular complexity index is 336. The lowest BCUT2D eigenvalue weighted by Crippen LogP contribution is -2.21. The molecule has 142 valence electrons. The summed E-state index contributed by atoms with van der Waals surface area (Å²) in [5, 5.41) is 0. The second kappa shape index (κ2) is 18.6. The average molecular weight is 381 g/mol. The molecule has 0 aromatic carbocycles. The Morgan fingerprint density at radius 3 is 1.83 bits per heavy atom. The minimum Gasteiger partial charge on any atom is -0.425 e. The number of carbonyl (C=O) groups excluding carboxylic acids is 3. The molecule has 1 unspecified atom stereocenters. The zero-order valence-electron chi connectivity index (χ0n) is 15.6. The number of ether oxygens (including phenoxy) is 2. The van der Waals surface area contributed by atoms with E-state index in [1.165, 1.54) is 31.8 Å². The second-order valence-electron chi connectivity index (χ2n) is 4.85. The highest BCUT2D eigenvalue weighted by atomic mass is 33.1. The Balaban J connectivity index is 0. The monoisotopic (exact) mass is 380 g/mol. The fourth-order valence-corrected chi connectivity index (χ4v) is 3.76. The van der Waals surface area contributed by atoms with Crippen LogP contribution in [0.5, 0.6) is 0 Å². The van der Waals surface area contributed by atoms with Gasteiger partial charge in [0.2, 0.25) is 6.29 Å². The molecular formula is C17H32O5S2. The summed E-state index contributed by atoms with van der Waals surface area (Å²) in [6.07, 6.45) is 2.69. The van der Waals surface area contributed by atoms with Crippen LogP contribution in [0.3, 0.4) is 0 Å². The van der Waals surface area contributed by atoms with Gasteiger partial charge < -0.3 is 14.3 Å². The first-order valence-corrected chi connectivity index (χ1v) is 11.1. The van der Waals surface area contributed by atoms with Gasteiger partial charge in [0.25, 0.3) is 0 Å². The molecule has 0 aromatic heterocycles. The summed E-state index contributed by atoms with van der Waals surface area (Å²) < 4.78 is 9.68. The van der Waals surface area contributed by atoms with E-state index in [2.05, 4.69) is 0 Å². The molecule has 5 nitrogen and oxygen atoms in total. The third-order valence-electron chi connectivity index (χ3n) is 2.55. The molecule has 0 radical (unpaired) electrons. The lowest BCUT2D eigenvalue weighted by Gasteiger charge is -2.13. The van der Waals surface area contributed by atoms with Gasteiger partial charge in [-0.15, -0.1) is 0 Å². The first kappa shape index (κ1) is 25.5. The summed E-state index contributed by atoms with van der Waals surface area (Å²) in [5.74, 6) is 1.78. The maximum atomic E-state index is 11.2. The summed E-state index contributed by atoms with van der Waals surface area (Å²) >= 11 is 0. The number of Topliss-reactive ketones (excluding diaryl/α,β-unsaturated/α-hetero) is 1. The third kappa shape index (κ3) is 19.4. The van der Waals surface area contributed by atoms with E-state index in [9.17, 15) is 14.4 Å². The van der Waals surface area contributed by atoms with Crippen molar-refractivity contribution in [3.05, 3.63) is 0 Å². The fourth-order valence-electron chi connectivity index (χ4n) is 1.41. The van der Waals surface area contributed by atoms with E-state index in [1.54, 1.807) is 0 Å². The van der Waals surface area contributed by atoms with Crippen molar-refractivity contribution >= 4 is 39.3 Å². The summed E-state index contributed by atoms with van der Waals surface area (Å²) in [6, 6.07) is 0. The minimum absolute atomic E-state index is 0.0200. The van der Waals surface area contributed by atoms with E-state index in [1.807, 2.05) is 42.4 Å². The maximum absolute atomic E-state index is 11.2. The van der Waals surface area contributed by atoms with Crippen LogP contribution in [0.15, 0.2) is 0 Å². The van der Waals surface area contributed by atoms with Crippen molar-refractivity contribution in [2.45, 2.75) is 79.4 Å². The third-order valence-corrected chi connectivity index (χ3v) is 5.13. The summed E-state index contributed by atoms with van der Waals surface area (Å²) in [7, 11) is 3.98. The quantitative estimate of drug-likeness (QED) is 0.341. The highest BCUT2D eigenvalue weighted by molar-refractivity contribution is 8.77. The predicted molar refractivity (Wildman–Crippen MR) is 102 cm³/mol. The number of esters is 2. The molecule has 0 aromatic rings. The van der Waals surface area contributed by atoms with E-state index in [-0.39, 0.29) is 24.6 Å². The van der Waals surface area contributed by atoms with Crippen molar-refractivity contribution in [1.29, 1.82) is 0 Å². The largest absolute Gasteiger partial charge is 0.425 e. The summed E-state index contributed by atoms with van der Waals surface area (Å²) in [4.78, 5) is 33.0. The van der Waals surface area contributed by atoms with Gasteiger partial charge in [0.05, 0.1) is 6.42 Å². The topological polar surface area (TPSA) is 69.7 Å². The average Bonchev–Trinajstić information content (AvgIpc) is 3.12. The fraction of sp³-hybridized carbons (Fsp3) is 0.824. The van der Waals surface area contributed by atoms with Crippen LogP contribution in [-0.4, -0.2) is 35.5 Å². The molecular weight excluding hydrogens is 348 g/mol. The van der Waals surface area contributed by atoms with Crippen molar-refractivity contribution in [1.82, 2.24) is 0 Å². The highest BCUT2D eigenvalue weighted by Gasteiger charge is 2.14. The molecule has 24 heavy (non-hydrogen) atoms. The lowest BCUT2D eigenvalue weighted by molar-refractivity contribution is -0.184. The van der Waals surface area contributed by atoms with Crippen LogP contribution in [0.2, 0.25) is 0 Å². The molecule has 1 atom stereocenters.